The predicted molar refractivity (Wildman–Crippen MR) is 198 cm³/mol. The van der Waals surface area contributed by atoms with Gasteiger partial charge in [0.05, 0.1) is 17.9 Å². The van der Waals surface area contributed by atoms with Crippen LogP contribution in [0.4, 0.5) is 0 Å². The van der Waals surface area contributed by atoms with Gasteiger partial charge in [-0.15, -0.1) is 0 Å². The zero-order valence-corrected chi connectivity index (χ0v) is 35.3. The van der Waals surface area contributed by atoms with Gasteiger partial charge in [0.25, 0.3) is 0 Å². The van der Waals surface area contributed by atoms with Crippen molar-refractivity contribution >= 4 is 17.9 Å². The quantitative estimate of drug-likeness (QED) is 0.0481. The van der Waals surface area contributed by atoms with Crippen molar-refractivity contribution in [2.75, 3.05) is 0 Å². The van der Waals surface area contributed by atoms with Crippen molar-refractivity contribution in [3.05, 3.63) is 36.5 Å². The van der Waals surface area contributed by atoms with Crippen LogP contribution in [0.1, 0.15) is 213 Å². The SMILES string of the molecule is CCCCCCCCCCCC=CC(=O)[O-].CCCCCCCCCCCC=CC(=O)[O-].CCCCCCCCCCCC=CC(=O)[O-].[Ce+3]. The number of carboxylic acids is 3. The molecule has 0 heterocycles. The average Bonchev–Trinajstić information content (AvgIpc) is 3.05. The molecule has 0 unspecified atom stereocenters. The van der Waals surface area contributed by atoms with E-state index in [4.69, 9.17) is 0 Å². The number of carbonyl (C=O) groups is 3. The van der Waals surface area contributed by atoms with Gasteiger partial charge in [0.2, 0.25) is 0 Å². The van der Waals surface area contributed by atoms with Crippen LogP contribution in [0, 0.1) is 41.7 Å². The molecule has 0 aliphatic carbocycles. The largest absolute Gasteiger partial charge is 3.00 e. The Morgan fingerprint density at radius 3 is 0.653 bits per heavy atom. The van der Waals surface area contributed by atoms with Gasteiger partial charge in [0.1, 0.15) is 0 Å². The van der Waals surface area contributed by atoms with Crippen molar-refractivity contribution in [3.63, 3.8) is 0 Å². The fraction of sp³-hybridized carbons (Fsp3) is 0.786. The summed E-state index contributed by atoms with van der Waals surface area (Å²) in [5, 5.41) is 30.2. The third-order valence-electron chi connectivity index (χ3n) is 8.18. The number of carbonyl (C=O) groups excluding carboxylic acids is 3. The fourth-order valence-electron chi connectivity index (χ4n) is 5.26. The van der Waals surface area contributed by atoms with Crippen LogP contribution in [0.2, 0.25) is 0 Å². The molecule has 0 saturated heterocycles. The molecule has 0 aromatic heterocycles. The maximum Gasteiger partial charge on any atom is 3.00 e. The number of unbranched alkanes of at least 4 members (excludes halogenated alkanes) is 27. The second kappa shape index (κ2) is 51.4. The molecule has 0 bridgehead atoms. The van der Waals surface area contributed by atoms with E-state index in [1.165, 1.54) is 154 Å². The van der Waals surface area contributed by atoms with Gasteiger partial charge in [0, 0.05) is 0 Å². The monoisotopic (exact) mass is 815 g/mol. The van der Waals surface area contributed by atoms with E-state index in [1.807, 2.05) is 0 Å². The van der Waals surface area contributed by atoms with Crippen molar-refractivity contribution in [1.29, 1.82) is 0 Å². The summed E-state index contributed by atoms with van der Waals surface area (Å²) in [5.74, 6) is -3.26. The van der Waals surface area contributed by atoms with Crippen LogP contribution >= 0.6 is 0 Å². The summed E-state index contributed by atoms with van der Waals surface area (Å²) in [6.45, 7) is 6.71. The number of aliphatic carboxylic acids is 3. The molecule has 0 spiro atoms. The fourth-order valence-corrected chi connectivity index (χ4v) is 5.26. The van der Waals surface area contributed by atoms with Crippen LogP contribution in [0.5, 0.6) is 0 Å². The van der Waals surface area contributed by atoms with E-state index in [2.05, 4.69) is 20.8 Å². The molecule has 0 aromatic rings. The van der Waals surface area contributed by atoms with Gasteiger partial charge in [-0.3, -0.25) is 0 Å². The number of allylic oxidation sites excluding steroid dienone is 3. The Kier molecular flexibility index (Phi) is 57.4. The molecule has 0 aliphatic rings. The first-order chi connectivity index (χ1) is 23.3. The van der Waals surface area contributed by atoms with Gasteiger partial charge in [-0.05, 0) is 56.8 Å². The first kappa shape index (κ1) is 54.8. The molecule has 6 nitrogen and oxygen atoms in total. The molecule has 0 fully saturated rings. The van der Waals surface area contributed by atoms with Gasteiger partial charge < -0.3 is 29.7 Å². The number of hydrogen-bond acceptors (Lipinski definition) is 6. The summed E-state index contributed by atoms with van der Waals surface area (Å²) >= 11 is 0. The summed E-state index contributed by atoms with van der Waals surface area (Å²) in [7, 11) is 0. The molecular formula is C42H75CeO6. The summed E-state index contributed by atoms with van der Waals surface area (Å²) in [6.07, 6.45) is 46.2. The Hall–Kier alpha value is -0.993. The standard InChI is InChI=1S/3C14H26O2.Ce/c3*1-2-3-4-5-6-7-8-9-10-11-12-13-14(15)16;/h3*12-13H,2-11H2,1H3,(H,15,16);/q;;;+3/p-3. The summed E-state index contributed by atoms with van der Waals surface area (Å²) < 4.78 is 0. The molecular weight excluding hydrogens is 741 g/mol. The minimum atomic E-state index is -1.09. The van der Waals surface area contributed by atoms with Gasteiger partial charge in [-0.25, -0.2) is 0 Å². The van der Waals surface area contributed by atoms with Crippen LogP contribution < -0.4 is 15.3 Å². The van der Waals surface area contributed by atoms with Gasteiger partial charge in [-0.2, -0.15) is 0 Å². The molecule has 0 N–H and O–H groups in total. The van der Waals surface area contributed by atoms with Gasteiger partial charge >= 0.3 is 41.7 Å². The van der Waals surface area contributed by atoms with E-state index in [-0.39, 0.29) is 41.7 Å². The smallest absolute Gasteiger partial charge is 0.545 e. The van der Waals surface area contributed by atoms with Crippen molar-refractivity contribution in [3.8, 4) is 0 Å². The minimum absolute atomic E-state index is 0. The molecule has 0 rings (SSSR count). The van der Waals surface area contributed by atoms with Crippen molar-refractivity contribution < 1.29 is 71.5 Å². The molecule has 283 valence electrons. The van der Waals surface area contributed by atoms with E-state index >= 15 is 0 Å². The van der Waals surface area contributed by atoms with Crippen LogP contribution in [0.3, 0.4) is 0 Å². The molecule has 0 amide bonds. The summed E-state index contributed by atoms with van der Waals surface area (Å²) in [4.78, 5) is 30.2. The van der Waals surface area contributed by atoms with Crippen LogP contribution in [0.15, 0.2) is 36.5 Å². The summed E-state index contributed by atoms with van der Waals surface area (Å²) in [5.41, 5.74) is 0. The molecule has 0 aliphatic heterocycles. The van der Waals surface area contributed by atoms with E-state index in [1.54, 1.807) is 18.2 Å². The van der Waals surface area contributed by atoms with Crippen molar-refractivity contribution in [1.82, 2.24) is 0 Å². The maximum atomic E-state index is 10.1. The third-order valence-corrected chi connectivity index (χ3v) is 8.18. The van der Waals surface area contributed by atoms with Crippen molar-refractivity contribution in [2.24, 2.45) is 0 Å². The number of hydrogen-bond donors (Lipinski definition) is 0. The third kappa shape index (κ3) is 65.9. The second-order valence-corrected chi connectivity index (χ2v) is 13.0. The Morgan fingerprint density at radius 2 is 0.490 bits per heavy atom. The van der Waals surface area contributed by atoms with E-state index in [0.717, 1.165) is 56.8 Å². The molecule has 1 radical (unpaired) electrons. The first-order valence-corrected chi connectivity index (χ1v) is 19.9. The molecule has 0 aromatic carbocycles. The van der Waals surface area contributed by atoms with Crippen LogP contribution in [-0.2, 0) is 14.4 Å². The predicted octanol–water partition coefficient (Wildman–Crippen LogP) is 9.64. The topological polar surface area (TPSA) is 120 Å². The Labute approximate surface area is 336 Å². The van der Waals surface area contributed by atoms with Crippen molar-refractivity contribution in [2.45, 2.75) is 213 Å². The normalized spacial score (nSPS) is 10.8. The Bertz CT molecular complexity index is 662. The van der Waals surface area contributed by atoms with E-state index in [0.29, 0.717) is 0 Å². The van der Waals surface area contributed by atoms with Gasteiger partial charge in [0.15, 0.2) is 0 Å². The number of rotatable bonds is 33. The molecule has 0 saturated carbocycles. The van der Waals surface area contributed by atoms with E-state index in [9.17, 15) is 29.7 Å². The average molecular weight is 816 g/mol. The zero-order chi connectivity index (χ0) is 36.2. The Morgan fingerprint density at radius 1 is 0.327 bits per heavy atom. The first-order valence-electron chi connectivity index (χ1n) is 19.9. The van der Waals surface area contributed by atoms with Gasteiger partial charge in [-0.1, -0.05) is 193 Å². The zero-order valence-electron chi connectivity index (χ0n) is 32.1. The minimum Gasteiger partial charge on any atom is -0.545 e. The molecule has 7 heteroatoms. The second-order valence-electron chi connectivity index (χ2n) is 13.0. The van der Waals surface area contributed by atoms with E-state index < -0.39 is 17.9 Å². The van der Waals surface area contributed by atoms with Crippen LogP contribution in [0.25, 0.3) is 0 Å². The molecule has 49 heavy (non-hydrogen) atoms. The summed E-state index contributed by atoms with van der Waals surface area (Å²) in [6, 6.07) is 0. The Balaban J connectivity index is -0.000000307. The maximum absolute atomic E-state index is 10.1. The molecule has 0 atom stereocenters. The number of carboxylic acid groups (broad SMARTS) is 3. The van der Waals surface area contributed by atoms with Crippen LogP contribution in [-0.4, -0.2) is 17.9 Å².